The van der Waals surface area contributed by atoms with E-state index in [0.717, 1.165) is 12.0 Å². The molecule has 0 spiro atoms. The van der Waals surface area contributed by atoms with Gasteiger partial charge >= 0.3 is 0 Å². The van der Waals surface area contributed by atoms with Gasteiger partial charge in [0.1, 0.15) is 16.4 Å². The summed E-state index contributed by atoms with van der Waals surface area (Å²) in [5, 5.41) is 0. The zero-order valence-corrected chi connectivity index (χ0v) is 20.4. The topological polar surface area (TPSA) is 93.2 Å². The molecule has 0 atom stereocenters. The normalized spacial score (nSPS) is 16.3. The molecule has 0 radical (unpaired) electrons. The Morgan fingerprint density at radius 2 is 1.38 bits per heavy atom. The van der Waals surface area contributed by atoms with E-state index >= 15 is 0 Å². The van der Waals surface area contributed by atoms with Crippen LogP contribution in [0.15, 0.2) is 52.3 Å². The lowest BCUT2D eigenvalue weighted by Gasteiger charge is -2.33. The van der Waals surface area contributed by atoms with Crippen molar-refractivity contribution in [3.05, 3.63) is 48.0 Å². The van der Waals surface area contributed by atoms with Crippen LogP contribution in [-0.4, -0.2) is 65.8 Å². The molecule has 3 rings (SSSR count). The Bertz CT molecular complexity index is 1140. The Labute approximate surface area is 190 Å². The van der Waals surface area contributed by atoms with Crippen LogP contribution < -0.4 is 9.47 Å². The lowest BCUT2D eigenvalue weighted by molar-refractivity contribution is 0.272. The summed E-state index contributed by atoms with van der Waals surface area (Å²) < 4.78 is 65.5. The SMILES string of the molecule is COc1ccc(OC)c(S(=O)(=O)N2CCN(S(=O)(=O)c3ccc(CC(C)C)cc3)CC2)c1. The van der Waals surface area contributed by atoms with E-state index in [1.165, 1.54) is 35.0 Å². The van der Waals surface area contributed by atoms with Gasteiger partial charge in [0.05, 0.1) is 19.1 Å². The Morgan fingerprint density at radius 1 is 0.812 bits per heavy atom. The number of sulfonamides is 2. The summed E-state index contributed by atoms with van der Waals surface area (Å²) in [6, 6.07) is 11.5. The largest absolute Gasteiger partial charge is 0.497 e. The Kier molecular flexibility index (Phi) is 7.49. The molecule has 0 N–H and O–H groups in total. The summed E-state index contributed by atoms with van der Waals surface area (Å²) in [7, 11) is -4.72. The maximum atomic E-state index is 13.2. The van der Waals surface area contributed by atoms with E-state index in [2.05, 4.69) is 13.8 Å². The van der Waals surface area contributed by atoms with Crippen LogP contribution in [0.3, 0.4) is 0 Å². The van der Waals surface area contributed by atoms with Gasteiger partial charge in [0.2, 0.25) is 20.0 Å². The first-order valence-corrected chi connectivity index (χ1v) is 13.3. The van der Waals surface area contributed by atoms with Crippen molar-refractivity contribution in [3.63, 3.8) is 0 Å². The summed E-state index contributed by atoms with van der Waals surface area (Å²) in [4.78, 5) is 0.215. The van der Waals surface area contributed by atoms with E-state index in [0.29, 0.717) is 11.7 Å². The van der Waals surface area contributed by atoms with Crippen LogP contribution >= 0.6 is 0 Å². The second-order valence-corrected chi connectivity index (χ2v) is 11.9. The molecule has 0 unspecified atom stereocenters. The number of benzene rings is 2. The quantitative estimate of drug-likeness (QED) is 0.574. The minimum absolute atomic E-state index is 0.00333. The molecule has 1 aliphatic heterocycles. The number of hydrogen-bond donors (Lipinski definition) is 0. The predicted octanol–water partition coefficient (Wildman–Crippen LogP) is 2.60. The fourth-order valence-corrected chi connectivity index (χ4v) is 6.71. The smallest absolute Gasteiger partial charge is 0.246 e. The summed E-state index contributed by atoms with van der Waals surface area (Å²) in [6.07, 6.45) is 0.880. The van der Waals surface area contributed by atoms with Crippen LogP contribution in [0.25, 0.3) is 0 Å². The molecule has 1 heterocycles. The number of methoxy groups -OCH3 is 2. The highest BCUT2D eigenvalue weighted by Crippen LogP contribution is 2.31. The molecule has 0 bridgehead atoms. The van der Waals surface area contributed by atoms with Gasteiger partial charge in [0.25, 0.3) is 0 Å². The zero-order valence-electron chi connectivity index (χ0n) is 18.8. The second kappa shape index (κ2) is 9.78. The van der Waals surface area contributed by atoms with Crippen molar-refractivity contribution in [1.82, 2.24) is 8.61 Å². The molecule has 1 saturated heterocycles. The molecule has 0 saturated carbocycles. The first-order chi connectivity index (χ1) is 15.1. The Hall–Kier alpha value is -2.14. The number of ether oxygens (including phenoxy) is 2. The van der Waals surface area contributed by atoms with Gasteiger partial charge in [-0.1, -0.05) is 26.0 Å². The number of nitrogens with zero attached hydrogens (tertiary/aromatic N) is 2. The van der Waals surface area contributed by atoms with E-state index < -0.39 is 20.0 Å². The lowest BCUT2D eigenvalue weighted by Crippen LogP contribution is -2.50. The number of piperazine rings is 1. The highest BCUT2D eigenvalue weighted by molar-refractivity contribution is 7.89. The molecular weight excluding hydrogens is 452 g/mol. The van der Waals surface area contributed by atoms with Crippen LogP contribution in [0, 0.1) is 5.92 Å². The van der Waals surface area contributed by atoms with Gasteiger partial charge in [0.15, 0.2) is 0 Å². The first-order valence-electron chi connectivity index (χ1n) is 10.4. The van der Waals surface area contributed by atoms with Crippen molar-refractivity contribution in [3.8, 4) is 11.5 Å². The summed E-state index contributed by atoms with van der Waals surface area (Å²) >= 11 is 0. The van der Waals surface area contributed by atoms with Crippen LogP contribution in [-0.2, 0) is 26.5 Å². The Balaban J connectivity index is 1.75. The molecule has 0 amide bonds. The molecule has 1 fully saturated rings. The minimum atomic E-state index is -3.88. The average Bonchev–Trinajstić information content (AvgIpc) is 2.78. The molecule has 1 aliphatic rings. The Morgan fingerprint density at radius 3 is 1.88 bits per heavy atom. The third-order valence-electron chi connectivity index (χ3n) is 5.39. The molecule has 0 aliphatic carbocycles. The van der Waals surface area contributed by atoms with E-state index in [1.54, 1.807) is 18.2 Å². The maximum absolute atomic E-state index is 13.2. The molecular formula is C22H30N2O6S2. The van der Waals surface area contributed by atoms with Crippen molar-refractivity contribution in [2.75, 3.05) is 40.4 Å². The minimum Gasteiger partial charge on any atom is -0.497 e. The summed E-state index contributed by atoms with van der Waals surface area (Å²) in [6.45, 7) is 4.46. The van der Waals surface area contributed by atoms with Crippen LogP contribution in [0.2, 0.25) is 0 Å². The third kappa shape index (κ3) is 5.09. The van der Waals surface area contributed by atoms with Crippen molar-refractivity contribution in [1.29, 1.82) is 0 Å². The van der Waals surface area contributed by atoms with Gasteiger partial charge in [-0.2, -0.15) is 8.61 Å². The third-order valence-corrected chi connectivity index (χ3v) is 9.22. The molecule has 176 valence electrons. The highest BCUT2D eigenvalue weighted by atomic mass is 32.2. The van der Waals surface area contributed by atoms with Gasteiger partial charge < -0.3 is 9.47 Å². The van der Waals surface area contributed by atoms with Gasteiger partial charge in [-0.3, -0.25) is 0 Å². The van der Waals surface area contributed by atoms with Crippen molar-refractivity contribution >= 4 is 20.0 Å². The van der Waals surface area contributed by atoms with E-state index in [9.17, 15) is 16.8 Å². The van der Waals surface area contributed by atoms with Crippen LogP contribution in [0.1, 0.15) is 19.4 Å². The average molecular weight is 483 g/mol. The predicted molar refractivity (Wildman–Crippen MR) is 122 cm³/mol. The number of rotatable bonds is 8. The van der Waals surface area contributed by atoms with Crippen LogP contribution in [0.4, 0.5) is 0 Å². The van der Waals surface area contributed by atoms with Crippen molar-refractivity contribution in [2.24, 2.45) is 5.92 Å². The van der Waals surface area contributed by atoms with E-state index in [-0.39, 0.29) is 41.7 Å². The first kappa shape index (κ1) is 24.5. The monoisotopic (exact) mass is 482 g/mol. The van der Waals surface area contributed by atoms with Crippen molar-refractivity contribution < 1.29 is 26.3 Å². The molecule has 8 nitrogen and oxygen atoms in total. The zero-order chi connectivity index (χ0) is 23.5. The second-order valence-electron chi connectivity index (χ2n) is 8.07. The summed E-state index contributed by atoms with van der Waals surface area (Å²) in [5.41, 5.74) is 1.09. The molecule has 0 aromatic heterocycles. The van der Waals surface area contributed by atoms with Crippen molar-refractivity contribution in [2.45, 2.75) is 30.1 Å². The van der Waals surface area contributed by atoms with Gasteiger partial charge in [-0.15, -0.1) is 0 Å². The fraction of sp³-hybridized carbons (Fsp3) is 0.455. The van der Waals surface area contributed by atoms with Crippen LogP contribution in [0.5, 0.6) is 11.5 Å². The fourth-order valence-electron chi connectivity index (χ4n) is 3.69. The molecule has 2 aromatic rings. The van der Waals surface area contributed by atoms with E-state index in [1.807, 2.05) is 12.1 Å². The highest BCUT2D eigenvalue weighted by Gasteiger charge is 2.35. The van der Waals surface area contributed by atoms with Gasteiger partial charge in [-0.05, 0) is 42.2 Å². The molecule has 10 heteroatoms. The van der Waals surface area contributed by atoms with Gasteiger partial charge in [0, 0.05) is 32.2 Å². The molecule has 2 aromatic carbocycles. The maximum Gasteiger partial charge on any atom is 0.246 e. The lowest BCUT2D eigenvalue weighted by atomic mass is 10.0. The number of hydrogen-bond acceptors (Lipinski definition) is 6. The standard InChI is InChI=1S/C22H30N2O6S2/c1-17(2)15-18-5-8-20(9-6-18)31(25,26)23-11-13-24(14-12-23)32(27,28)22-16-19(29-3)7-10-21(22)30-4/h5-10,16-17H,11-15H2,1-4H3. The summed E-state index contributed by atoms with van der Waals surface area (Å²) in [5.74, 6) is 1.09. The van der Waals surface area contributed by atoms with Gasteiger partial charge in [-0.25, -0.2) is 16.8 Å². The molecule has 32 heavy (non-hydrogen) atoms. The van der Waals surface area contributed by atoms with E-state index in [4.69, 9.17) is 9.47 Å².